The molecular formula is C21H27N3O3. The zero-order valence-corrected chi connectivity index (χ0v) is 16.1. The third-order valence-electron chi connectivity index (χ3n) is 4.81. The van der Waals surface area contributed by atoms with Crippen LogP contribution in [0.1, 0.15) is 37.6 Å². The number of nitrogens with zero attached hydrogens (tertiary/aromatic N) is 2. The van der Waals surface area contributed by atoms with Gasteiger partial charge in [-0.2, -0.15) is 0 Å². The van der Waals surface area contributed by atoms with Gasteiger partial charge in [0, 0.05) is 37.1 Å². The molecule has 1 aliphatic rings. The molecule has 1 N–H and O–H groups in total. The Morgan fingerprint density at radius 2 is 1.96 bits per heavy atom. The minimum absolute atomic E-state index is 0.140. The Labute approximate surface area is 160 Å². The number of para-hydroxylation sites is 1. The van der Waals surface area contributed by atoms with Crippen molar-refractivity contribution in [1.29, 1.82) is 0 Å². The molecule has 0 spiro atoms. The van der Waals surface area contributed by atoms with Crippen LogP contribution >= 0.6 is 0 Å². The largest absolute Gasteiger partial charge is 0.496 e. The van der Waals surface area contributed by atoms with Gasteiger partial charge in [0.05, 0.1) is 7.11 Å². The molecule has 144 valence electrons. The number of hydrogen-bond donors (Lipinski definition) is 1. The van der Waals surface area contributed by atoms with Crippen LogP contribution in [0.5, 0.6) is 5.75 Å². The van der Waals surface area contributed by atoms with Crippen LogP contribution in [0.3, 0.4) is 0 Å². The molecule has 0 saturated heterocycles. The van der Waals surface area contributed by atoms with Crippen molar-refractivity contribution in [3.8, 4) is 5.75 Å². The summed E-state index contributed by atoms with van der Waals surface area (Å²) in [6, 6.07) is 11.5. The first-order chi connectivity index (χ1) is 13.0. The van der Waals surface area contributed by atoms with Crippen LogP contribution in [0.2, 0.25) is 0 Å². The first-order valence-electron chi connectivity index (χ1n) is 9.35. The van der Waals surface area contributed by atoms with E-state index in [1.165, 1.54) is 0 Å². The van der Waals surface area contributed by atoms with Gasteiger partial charge >= 0.3 is 0 Å². The average molecular weight is 369 g/mol. The molecule has 0 fully saturated rings. The second-order valence-corrected chi connectivity index (χ2v) is 7.23. The SMILES string of the molecule is COc1ccccc1[C@@H]1c2cccn2CCN1C(=O)CC(=O)NCC(C)C. The van der Waals surface area contributed by atoms with E-state index in [-0.39, 0.29) is 24.3 Å². The van der Waals surface area contributed by atoms with Crippen molar-refractivity contribution in [2.45, 2.75) is 32.9 Å². The average Bonchev–Trinajstić information content (AvgIpc) is 3.14. The summed E-state index contributed by atoms with van der Waals surface area (Å²) < 4.78 is 7.69. The molecule has 3 rings (SSSR count). The monoisotopic (exact) mass is 369 g/mol. The second kappa shape index (κ2) is 8.29. The lowest BCUT2D eigenvalue weighted by Gasteiger charge is -2.37. The quantitative estimate of drug-likeness (QED) is 0.796. The summed E-state index contributed by atoms with van der Waals surface area (Å²) in [5.41, 5.74) is 1.96. The molecule has 0 radical (unpaired) electrons. The number of carbonyl (C=O) groups is 2. The highest BCUT2D eigenvalue weighted by Gasteiger charge is 2.34. The number of rotatable bonds is 6. The third kappa shape index (κ3) is 4.15. The molecule has 1 aromatic heterocycles. The Morgan fingerprint density at radius 1 is 1.19 bits per heavy atom. The molecule has 27 heavy (non-hydrogen) atoms. The minimum atomic E-state index is -0.268. The summed E-state index contributed by atoms with van der Waals surface area (Å²) in [4.78, 5) is 27.0. The predicted molar refractivity (Wildman–Crippen MR) is 103 cm³/mol. The molecule has 0 bridgehead atoms. The molecule has 0 saturated carbocycles. The van der Waals surface area contributed by atoms with Crippen LogP contribution in [0.15, 0.2) is 42.6 Å². The Kier molecular flexibility index (Phi) is 5.84. The van der Waals surface area contributed by atoms with Crippen molar-refractivity contribution in [2.75, 3.05) is 20.2 Å². The Morgan fingerprint density at radius 3 is 2.70 bits per heavy atom. The molecule has 2 heterocycles. The van der Waals surface area contributed by atoms with Crippen molar-refractivity contribution in [1.82, 2.24) is 14.8 Å². The van der Waals surface area contributed by atoms with Gasteiger partial charge < -0.3 is 19.5 Å². The van der Waals surface area contributed by atoms with E-state index in [2.05, 4.69) is 9.88 Å². The van der Waals surface area contributed by atoms with Crippen LogP contribution in [-0.2, 0) is 16.1 Å². The molecule has 1 atom stereocenters. The maximum atomic E-state index is 13.0. The van der Waals surface area contributed by atoms with E-state index in [9.17, 15) is 9.59 Å². The van der Waals surface area contributed by atoms with Crippen molar-refractivity contribution in [3.05, 3.63) is 53.9 Å². The molecule has 0 unspecified atom stereocenters. The third-order valence-corrected chi connectivity index (χ3v) is 4.81. The molecule has 6 nitrogen and oxygen atoms in total. The molecule has 2 amide bonds. The fraction of sp³-hybridized carbons (Fsp3) is 0.429. The minimum Gasteiger partial charge on any atom is -0.496 e. The second-order valence-electron chi connectivity index (χ2n) is 7.23. The highest BCUT2D eigenvalue weighted by Crippen LogP contribution is 2.37. The number of hydrogen-bond acceptors (Lipinski definition) is 3. The number of amides is 2. The van der Waals surface area contributed by atoms with Crippen molar-refractivity contribution in [2.24, 2.45) is 5.92 Å². The summed E-state index contributed by atoms with van der Waals surface area (Å²) in [5, 5.41) is 2.83. The maximum absolute atomic E-state index is 13.0. The van der Waals surface area contributed by atoms with Crippen molar-refractivity contribution in [3.63, 3.8) is 0 Å². The van der Waals surface area contributed by atoms with Gasteiger partial charge in [0.15, 0.2) is 0 Å². The summed E-state index contributed by atoms with van der Waals surface area (Å²) in [6.07, 6.45) is 1.88. The molecule has 0 aliphatic carbocycles. The van der Waals surface area contributed by atoms with E-state index in [0.717, 1.165) is 17.0 Å². The van der Waals surface area contributed by atoms with Gasteiger partial charge in [0.1, 0.15) is 18.2 Å². The number of carbonyl (C=O) groups excluding carboxylic acids is 2. The molecule has 1 aromatic carbocycles. The van der Waals surface area contributed by atoms with E-state index in [1.807, 2.05) is 56.4 Å². The molecule has 6 heteroatoms. The van der Waals surface area contributed by atoms with Crippen LogP contribution in [0.25, 0.3) is 0 Å². The van der Waals surface area contributed by atoms with E-state index < -0.39 is 0 Å². The fourth-order valence-corrected chi connectivity index (χ4v) is 3.49. The summed E-state index contributed by atoms with van der Waals surface area (Å²) in [6.45, 7) is 5.90. The normalized spacial score (nSPS) is 16.1. The van der Waals surface area contributed by atoms with E-state index in [0.29, 0.717) is 25.6 Å². The molecule has 1 aliphatic heterocycles. The number of ether oxygens (including phenoxy) is 1. The number of nitrogens with one attached hydrogen (secondary N) is 1. The molecular weight excluding hydrogens is 342 g/mol. The highest BCUT2D eigenvalue weighted by atomic mass is 16.5. The smallest absolute Gasteiger partial charge is 0.232 e. The van der Waals surface area contributed by atoms with E-state index in [1.54, 1.807) is 12.0 Å². The summed E-state index contributed by atoms with van der Waals surface area (Å²) >= 11 is 0. The Balaban J connectivity index is 1.87. The topological polar surface area (TPSA) is 63.6 Å². The summed E-state index contributed by atoms with van der Waals surface area (Å²) in [5.74, 6) is 0.691. The van der Waals surface area contributed by atoms with Crippen LogP contribution < -0.4 is 10.1 Å². The van der Waals surface area contributed by atoms with E-state index >= 15 is 0 Å². The lowest BCUT2D eigenvalue weighted by Crippen LogP contribution is -2.44. The number of aromatic nitrogens is 1. The first-order valence-corrected chi connectivity index (χ1v) is 9.35. The number of methoxy groups -OCH3 is 1. The van der Waals surface area contributed by atoms with Crippen molar-refractivity contribution >= 4 is 11.8 Å². The van der Waals surface area contributed by atoms with Gasteiger partial charge in [0.2, 0.25) is 11.8 Å². The van der Waals surface area contributed by atoms with Gasteiger partial charge in [-0.25, -0.2) is 0 Å². The van der Waals surface area contributed by atoms with Crippen molar-refractivity contribution < 1.29 is 14.3 Å². The molecule has 2 aromatic rings. The maximum Gasteiger partial charge on any atom is 0.232 e. The van der Waals surface area contributed by atoms with Crippen LogP contribution in [0, 0.1) is 5.92 Å². The first kappa shape index (κ1) is 19.0. The zero-order chi connectivity index (χ0) is 19.4. The Hall–Kier alpha value is -2.76. The highest BCUT2D eigenvalue weighted by molar-refractivity contribution is 5.97. The van der Waals surface area contributed by atoms with Crippen LogP contribution in [0.4, 0.5) is 0 Å². The van der Waals surface area contributed by atoms with Gasteiger partial charge in [-0.05, 0) is 24.1 Å². The predicted octanol–water partition coefficient (Wildman–Crippen LogP) is 2.59. The fourth-order valence-electron chi connectivity index (χ4n) is 3.49. The zero-order valence-electron chi connectivity index (χ0n) is 16.1. The standard InChI is InChI=1S/C21H27N3O3/c1-15(2)14-22-19(25)13-20(26)24-12-11-23-10-6-8-17(23)21(24)16-7-4-5-9-18(16)27-3/h4-10,15,21H,11-14H2,1-3H3,(H,22,25)/t21-/m1/s1. The van der Waals surface area contributed by atoms with Gasteiger partial charge in [0.25, 0.3) is 0 Å². The lowest BCUT2D eigenvalue weighted by molar-refractivity contribution is -0.138. The number of benzene rings is 1. The number of fused-ring (bicyclic) bond motifs is 1. The lowest BCUT2D eigenvalue weighted by atomic mass is 9.98. The van der Waals surface area contributed by atoms with Gasteiger partial charge in [-0.1, -0.05) is 32.0 Å². The van der Waals surface area contributed by atoms with E-state index in [4.69, 9.17) is 4.74 Å². The van der Waals surface area contributed by atoms with Gasteiger partial charge in [-0.15, -0.1) is 0 Å². The summed E-state index contributed by atoms with van der Waals surface area (Å²) in [7, 11) is 1.63. The Bertz CT molecular complexity index is 813. The van der Waals surface area contributed by atoms with Crippen LogP contribution in [-0.4, -0.2) is 41.5 Å². The van der Waals surface area contributed by atoms with Gasteiger partial charge in [-0.3, -0.25) is 9.59 Å².